The van der Waals surface area contributed by atoms with Gasteiger partial charge < -0.3 is 9.32 Å². The molecule has 1 heterocycles. The molecule has 0 aliphatic heterocycles. The van der Waals surface area contributed by atoms with E-state index in [9.17, 15) is 0 Å². The monoisotopic (exact) mass is 703 g/mol. The molecule has 9 aromatic carbocycles. The lowest BCUT2D eigenvalue weighted by Crippen LogP contribution is -2.11. The molecule has 10 aromatic rings. The Labute approximate surface area is 320 Å². The zero-order valence-corrected chi connectivity index (χ0v) is 30.5. The number of furan rings is 1. The van der Waals surface area contributed by atoms with Crippen molar-refractivity contribution < 1.29 is 4.42 Å². The summed E-state index contributed by atoms with van der Waals surface area (Å²) in [5.74, 6) is 0.863. The van der Waals surface area contributed by atoms with E-state index in [1.807, 2.05) is 24.3 Å². The van der Waals surface area contributed by atoms with Gasteiger partial charge in [0.25, 0.3) is 0 Å². The molecule has 1 aromatic heterocycles. The standard InChI is InChI=1S/C53H37NO/c1-3-15-45(53-35(2)42-20-12-13-27-52(42)55-53)36-28-30-40(31-29-36)54(51-34-39-17-5-7-22-44(39)47-24-10-11-26-49(47)51)41-19-14-18-37(32-41)50-33-38-16-4-6-21-43(38)46-23-8-9-25-48(46)50/h3-34H,1H2,2H3/b45-15-. The van der Waals surface area contributed by atoms with E-state index >= 15 is 0 Å². The maximum atomic E-state index is 6.46. The molecule has 0 aliphatic carbocycles. The SMILES string of the molecule is C=C/C=C(/c1ccc(N(c2cccc(-c3cc4ccccc4c4ccccc34)c2)c2cc3ccccc3c3ccccc23)cc1)c1oc2ccccc2c1C. The molecule has 0 saturated heterocycles. The van der Waals surface area contributed by atoms with Crippen LogP contribution in [-0.2, 0) is 0 Å². The Morgan fingerprint density at radius 2 is 1.09 bits per heavy atom. The highest BCUT2D eigenvalue weighted by Gasteiger charge is 2.20. The number of hydrogen-bond acceptors (Lipinski definition) is 2. The highest BCUT2D eigenvalue weighted by atomic mass is 16.3. The Balaban J connectivity index is 1.18. The second-order valence-corrected chi connectivity index (χ2v) is 14.2. The third-order valence-electron chi connectivity index (χ3n) is 11.0. The molecule has 55 heavy (non-hydrogen) atoms. The lowest BCUT2D eigenvalue weighted by molar-refractivity contribution is 0.597. The van der Waals surface area contributed by atoms with Gasteiger partial charge >= 0.3 is 0 Å². The fourth-order valence-corrected chi connectivity index (χ4v) is 8.39. The summed E-state index contributed by atoms with van der Waals surface area (Å²) in [5, 5.41) is 11.0. The summed E-state index contributed by atoms with van der Waals surface area (Å²) in [5.41, 5.74) is 9.72. The zero-order chi connectivity index (χ0) is 36.9. The average Bonchev–Trinajstić information content (AvgIpc) is 3.58. The van der Waals surface area contributed by atoms with Gasteiger partial charge in [0.1, 0.15) is 11.3 Å². The Bertz CT molecular complexity index is 3130. The number of rotatable bonds is 7. The van der Waals surface area contributed by atoms with Crippen LogP contribution in [0.15, 0.2) is 205 Å². The Kier molecular flexibility index (Phi) is 7.89. The van der Waals surface area contributed by atoms with Gasteiger partial charge in [0.05, 0.1) is 5.69 Å². The van der Waals surface area contributed by atoms with Crippen LogP contribution in [0, 0.1) is 6.92 Å². The van der Waals surface area contributed by atoms with Crippen LogP contribution in [0.3, 0.4) is 0 Å². The predicted molar refractivity (Wildman–Crippen MR) is 235 cm³/mol. The smallest absolute Gasteiger partial charge is 0.138 e. The van der Waals surface area contributed by atoms with Crippen LogP contribution in [0.4, 0.5) is 17.1 Å². The van der Waals surface area contributed by atoms with E-state index in [1.54, 1.807) is 0 Å². The van der Waals surface area contributed by atoms with E-state index in [2.05, 4.69) is 188 Å². The highest BCUT2D eigenvalue weighted by molar-refractivity contribution is 6.16. The van der Waals surface area contributed by atoms with Crippen LogP contribution in [-0.4, -0.2) is 0 Å². The summed E-state index contributed by atoms with van der Waals surface area (Å²) >= 11 is 0. The summed E-state index contributed by atoms with van der Waals surface area (Å²) in [6.07, 6.45) is 3.89. The number of benzene rings is 9. The van der Waals surface area contributed by atoms with Crippen LogP contribution < -0.4 is 4.90 Å². The van der Waals surface area contributed by atoms with Gasteiger partial charge in [0, 0.05) is 33.3 Å². The van der Waals surface area contributed by atoms with Crippen molar-refractivity contribution in [3.8, 4) is 11.1 Å². The first kappa shape index (κ1) is 32.5. The van der Waals surface area contributed by atoms with Gasteiger partial charge in [0.15, 0.2) is 0 Å². The molecule has 0 N–H and O–H groups in total. The van der Waals surface area contributed by atoms with Crippen LogP contribution in [0.5, 0.6) is 0 Å². The third kappa shape index (κ3) is 5.50. The fraction of sp³-hybridized carbons (Fsp3) is 0.0189. The molecular weight excluding hydrogens is 667 g/mol. The molecule has 0 aliphatic rings. The Morgan fingerprint density at radius 3 is 1.78 bits per heavy atom. The van der Waals surface area contributed by atoms with Gasteiger partial charge in [-0.2, -0.15) is 0 Å². The van der Waals surface area contributed by atoms with Crippen LogP contribution in [0.1, 0.15) is 16.9 Å². The zero-order valence-electron chi connectivity index (χ0n) is 30.5. The lowest BCUT2D eigenvalue weighted by atomic mass is 9.93. The molecule has 0 saturated carbocycles. The van der Waals surface area contributed by atoms with E-state index in [0.29, 0.717) is 0 Å². The van der Waals surface area contributed by atoms with Crippen molar-refractivity contribution in [3.63, 3.8) is 0 Å². The largest absolute Gasteiger partial charge is 0.456 e. The summed E-state index contributed by atoms with van der Waals surface area (Å²) in [4.78, 5) is 2.41. The number of hydrogen-bond donors (Lipinski definition) is 0. The molecular formula is C53H37NO. The number of nitrogens with zero attached hydrogens (tertiary/aromatic N) is 1. The van der Waals surface area contributed by atoms with Crippen LogP contribution >= 0.6 is 0 Å². The molecule has 2 heteroatoms. The highest BCUT2D eigenvalue weighted by Crippen LogP contribution is 2.44. The average molecular weight is 704 g/mol. The minimum atomic E-state index is 0.863. The minimum Gasteiger partial charge on any atom is -0.456 e. The predicted octanol–water partition coefficient (Wildman–Crippen LogP) is 15.1. The molecule has 0 unspecified atom stereocenters. The second-order valence-electron chi connectivity index (χ2n) is 14.2. The van der Waals surface area contributed by atoms with Gasteiger partial charge in [-0.1, -0.05) is 158 Å². The van der Waals surface area contributed by atoms with Crippen molar-refractivity contribution in [3.05, 3.63) is 218 Å². The molecule has 2 nitrogen and oxygen atoms in total. The van der Waals surface area contributed by atoms with Crippen LogP contribution in [0.2, 0.25) is 0 Å². The molecule has 0 amide bonds. The minimum absolute atomic E-state index is 0.863. The van der Waals surface area contributed by atoms with E-state index in [4.69, 9.17) is 4.42 Å². The van der Waals surface area contributed by atoms with Crippen molar-refractivity contribution in [2.24, 2.45) is 0 Å². The Hall–Kier alpha value is -7.16. The summed E-state index contributed by atoms with van der Waals surface area (Å²) < 4.78 is 6.46. The van der Waals surface area contributed by atoms with Gasteiger partial charge in [-0.15, -0.1) is 0 Å². The summed E-state index contributed by atoms with van der Waals surface area (Å²) in [7, 11) is 0. The van der Waals surface area contributed by atoms with Crippen molar-refractivity contribution in [2.45, 2.75) is 6.92 Å². The summed E-state index contributed by atoms with van der Waals surface area (Å²) in [6.45, 7) is 6.19. The van der Waals surface area contributed by atoms with Gasteiger partial charge in [-0.05, 0) is 104 Å². The normalized spacial score (nSPS) is 11.9. The molecule has 10 rings (SSSR count). The quantitative estimate of drug-likeness (QED) is 0.121. The van der Waals surface area contributed by atoms with E-state index in [1.165, 1.54) is 54.2 Å². The van der Waals surface area contributed by atoms with Crippen molar-refractivity contribution in [1.82, 2.24) is 0 Å². The van der Waals surface area contributed by atoms with Gasteiger partial charge in [0.2, 0.25) is 0 Å². The van der Waals surface area contributed by atoms with Crippen molar-refractivity contribution >= 4 is 76.7 Å². The van der Waals surface area contributed by atoms with E-state index in [0.717, 1.165) is 50.5 Å². The molecule has 260 valence electrons. The maximum absolute atomic E-state index is 6.46. The van der Waals surface area contributed by atoms with Gasteiger partial charge in [-0.25, -0.2) is 0 Å². The molecule has 0 radical (unpaired) electrons. The molecule has 0 fully saturated rings. The molecule has 0 spiro atoms. The maximum Gasteiger partial charge on any atom is 0.138 e. The first-order chi connectivity index (χ1) is 27.2. The Morgan fingerprint density at radius 1 is 0.509 bits per heavy atom. The van der Waals surface area contributed by atoms with Crippen LogP contribution in [0.25, 0.3) is 70.8 Å². The van der Waals surface area contributed by atoms with Gasteiger partial charge in [-0.3, -0.25) is 0 Å². The second kappa shape index (κ2) is 13.4. The number of fused-ring (bicyclic) bond motifs is 7. The topological polar surface area (TPSA) is 16.4 Å². The van der Waals surface area contributed by atoms with Crippen molar-refractivity contribution in [2.75, 3.05) is 4.90 Å². The number of anilines is 3. The summed E-state index contributed by atoms with van der Waals surface area (Å²) in [6, 6.07) is 65.6. The molecule has 0 bridgehead atoms. The lowest BCUT2D eigenvalue weighted by Gasteiger charge is -2.28. The van der Waals surface area contributed by atoms with E-state index in [-0.39, 0.29) is 0 Å². The number of para-hydroxylation sites is 1. The fourth-order valence-electron chi connectivity index (χ4n) is 8.39. The first-order valence-electron chi connectivity index (χ1n) is 18.8. The van der Waals surface area contributed by atoms with Crippen molar-refractivity contribution in [1.29, 1.82) is 0 Å². The number of allylic oxidation sites excluding steroid dienone is 2. The number of aryl methyl sites for hydroxylation is 1. The molecule has 0 atom stereocenters. The first-order valence-corrected chi connectivity index (χ1v) is 18.8. The van der Waals surface area contributed by atoms with E-state index < -0.39 is 0 Å². The third-order valence-corrected chi connectivity index (χ3v) is 11.0.